The van der Waals surface area contributed by atoms with Crippen LogP contribution < -0.4 is 0 Å². The highest BCUT2D eigenvalue weighted by Crippen LogP contribution is 2.29. The third-order valence-corrected chi connectivity index (χ3v) is 4.60. The smallest absolute Gasteiger partial charge is 0.242 e. The van der Waals surface area contributed by atoms with Crippen molar-refractivity contribution in [3.63, 3.8) is 0 Å². The average Bonchev–Trinajstić information content (AvgIpc) is 2.52. The maximum atomic E-state index is 6.40. The molecule has 1 atom stereocenters. The zero-order valence-electron chi connectivity index (χ0n) is 15.0. The maximum absolute atomic E-state index is 6.40. The van der Waals surface area contributed by atoms with Gasteiger partial charge in [-0.15, -0.1) is 0 Å². The number of benzene rings is 2. The van der Waals surface area contributed by atoms with Crippen molar-refractivity contribution in [2.75, 3.05) is 0 Å². The summed E-state index contributed by atoms with van der Waals surface area (Å²) in [6.45, 7) is 11.1. The van der Waals surface area contributed by atoms with E-state index in [1.165, 1.54) is 16.7 Å². The molecule has 0 amide bonds. The Morgan fingerprint density at radius 3 is 2.13 bits per heavy atom. The summed E-state index contributed by atoms with van der Waals surface area (Å²) in [5.74, 6) is 1.40. The Morgan fingerprint density at radius 1 is 1.00 bits per heavy atom. The monoisotopic (exact) mass is 324 g/mol. The van der Waals surface area contributed by atoms with E-state index in [9.17, 15) is 0 Å². The number of hydrogen-bond donors (Lipinski definition) is 0. The van der Waals surface area contributed by atoms with E-state index < -0.39 is 8.32 Å². The minimum Gasteiger partial charge on any atom is -0.544 e. The lowest BCUT2D eigenvalue weighted by Gasteiger charge is -2.24. The van der Waals surface area contributed by atoms with Gasteiger partial charge >= 0.3 is 0 Å². The van der Waals surface area contributed by atoms with Crippen molar-refractivity contribution in [3.8, 4) is 0 Å². The van der Waals surface area contributed by atoms with Gasteiger partial charge in [0.2, 0.25) is 8.32 Å². The first-order valence-corrected chi connectivity index (χ1v) is 11.8. The van der Waals surface area contributed by atoms with Gasteiger partial charge in [-0.1, -0.05) is 67.1 Å². The lowest BCUT2D eigenvalue weighted by atomic mass is 9.94. The number of allylic oxidation sites excluding steroid dienone is 1. The quantitative estimate of drug-likeness (QED) is 0.442. The van der Waals surface area contributed by atoms with Gasteiger partial charge in [0, 0.05) is 11.5 Å². The fourth-order valence-corrected chi connectivity index (χ4v) is 3.41. The van der Waals surface area contributed by atoms with Crippen LogP contribution in [0, 0.1) is 6.92 Å². The van der Waals surface area contributed by atoms with E-state index in [0.29, 0.717) is 5.92 Å². The Kier molecular flexibility index (Phi) is 5.84. The fourth-order valence-electron chi connectivity index (χ4n) is 2.57. The van der Waals surface area contributed by atoms with Crippen molar-refractivity contribution in [2.45, 2.75) is 45.8 Å². The molecule has 122 valence electrons. The van der Waals surface area contributed by atoms with Crippen molar-refractivity contribution in [2.24, 2.45) is 0 Å². The summed E-state index contributed by atoms with van der Waals surface area (Å²) in [6, 6.07) is 19.3. The normalized spacial score (nSPS) is 13.7. The molecule has 0 aliphatic carbocycles. The minimum atomic E-state index is -1.66. The molecule has 0 N–H and O–H groups in total. The molecule has 2 aromatic rings. The van der Waals surface area contributed by atoms with Gasteiger partial charge in [-0.25, -0.2) is 0 Å². The highest BCUT2D eigenvalue weighted by atomic mass is 28.4. The Hall–Kier alpha value is -1.80. The molecule has 0 saturated carbocycles. The molecule has 0 aliphatic heterocycles. The lowest BCUT2D eigenvalue weighted by molar-refractivity contribution is 0.510. The summed E-state index contributed by atoms with van der Waals surface area (Å²) >= 11 is 0. The Labute approximate surface area is 142 Å². The van der Waals surface area contributed by atoms with Crippen molar-refractivity contribution in [1.29, 1.82) is 0 Å². The van der Waals surface area contributed by atoms with Crippen molar-refractivity contribution < 1.29 is 4.43 Å². The number of aryl methyl sites for hydroxylation is 1. The molecule has 1 nitrogen and oxygen atoms in total. The molecule has 0 unspecified atom stereocenters. The highest BCUT2D eigenvalue weighted by Gasteiger charge is 2.20. The van der Waals surface area contributed by atoms with E-state index >= 15 is 0 Å². The SMILES string of the molecule is CC[C@H](/C=C(\O[Si](C)(C)C)c1ccccc1)c1ccc(C)cc1. The highest BCUT2D eigenvalue weighted by molar-refractivity contribution is 6.70. The van der Waals surface area contributed by atoms with Gasteiger partial charge in [-0.3, -0.25) is 0 Å². The van der Waals surface area contributed by atoms with E-state index in [1.54, 1.807) is 0 Å². The van der Waals surface area contributed by atoms with E-state index in [-0.39, 0.29) is 0 Å². The molecule has 0 heterocycles. The van der Waals surface area contributed by atoms with E-state index in [0.717, 1.165) is 12.2 Å². The predicted molar refractivity (Wildman–Crippen MR) is 103 cm³/mol. The molecule has 0 radical (unpaired) electrons. The molecule has 0 aromatic heterocycles. The van der Waals surface area contributed by atoms with Gasteiger partial charge in [0.25, 0.3) is 0 Å². The van der Waals surface area contributed by atoms with Gasteiger partial charge in [0.1, 0.15) is 5.76 Å². The van der Waals surface area contributed by atoms with Crippen LogP contribution in [0.1, 0.15) is 36.0 Å². The van der Waals surface area contributed by atoms with Crippen LogP contribution >= 0.6 is 0 Å². The van der Waals surface area contributed by atoms with Crippen LogP contribution in [0.2, 0.25) is 19.6 Å². The van der Waals surface area contributed by atoms with Gasteiger partial charge in [-0.2, -0.15) is 0 Å². The maximum Gasteiger partial charge on any atom is 0.242 e. The van der Waals surface area contributed by atoms with E-state index in [4.69, 9.17) is 4.43 Å². The predicted octanol–water partition coefficient (Wildman–Crippen LogP) is 6.38. The number of rotatable bonds is 6. The zero-order valence-corrected chi connectivity index (χ0v) is 16.0. The second-order valence-corrected chi connectivity index (χ2v) is 11.5. The standard InChI is InChI=1S/C21H28OSi/c1-6-18(19-14-12-17(2)13-15-19)16-21(22-23(3,4)5)20-10-8-7-9-11-20/h7-16,18H,6H2,1-5H3/b21-16-/t18-/m1/s1. The molecular weight excluding hydrogens is 296 g/mol. The first-order chi connectivity index (χ1) is 10.9. The largest absolute Gasteiger partial charge is 0.544 e. The minimum absolute atomic E-state index is 0.377. The molecule has 2 heteroatoms. The van der Waals surface area contributed by atoms with Crippen LogP contribution in [0.15, 0.2) is 60.7 Å². The number of hydrogen-bond acceptors (Lipinski definition) is 1. The third-order valence-electron chi connectivity index (χ3n) is 3.77. The van der Waals surface area contributed by atoms with Crippen LogP contribution in [0.5, 0.6) is 0 Å². The molecule has 0 aliphatic rings. The lowest BCUT2D eigenvalue weighted by Crippen LogP contribution is -2.24. The molecule has 0 saturated heterocycles. The van der Waals surface area contributed by atoms with Crippen LogP contribution in [-0.2, 0) is 4.43 Å². The van der Waals surface area contributed by atoms with Crippen LogP contribution in [0.3, 0.4) is 0 Å². The van der Waals surface area contributed by atoms with Gasteiger partial charge in [-0.05, 0) is 44.6 Å². The first-order valence-electron chi connectivity index (χ1n) is 8.42. The molecule has 0 fully saturated rings. The second-order valence-electron chi connectivity index (χ2n) is 7.04. The third kappa shape index (κ3) is 5.40. The Bertz CT molecular complexity index is 636. The Morgan fingerprint density at radius 2 is 1.61 bits per heavy atom. The summed E-state index contributed by atoms with van der Waals surface area (Å²) < 4.78 is 6.40. The fraction of sp³-hybridized carbons (Fsp3) is 0.333. The summed E-state index contributed by atoms with van der Waals surface area (Å²) in [4.78, 5) is 0. The van der Waals surface area contributed by atoms with Gasteiger partial charge in [0.05, 0.1) is 0 Å². The van der Waals surface area contributed by atoms with E-state index in [1.807, 2.05) is 6.07 Å². The Balaban J connectivity index is 2.39. The van der Waals surface area contributed by atoms with Gasteiger partial charge in [0.15, 0.2) is 0 Å². The summed E-state index contributed by atoms with van der Waals surface area (Å²) in [5, 5.41) is 0. The summed E-state index contributed by atoms with van der Waals surface area (Å²) in [5.41, 5.74) is 3.82. The second kappa shape index (κ2) is 7.65. The first kappa shape index (κ1) is 17.5. The van der Waals surface area contributed by atoms with Gasteiger partial charge < -0.3 is 4.43 Å². The average molecular weight is 325 g/mol. The molecule has 2 aromatic carbocycles. The summed E-state index contributed by atoms with van der Waals surface area (Å²) in [6.07, 6.45) is 3.37. The molecule has 0 spiro atoms. The van der Waals surface area contributed by atoms with Crippen LogP contribution in [0.4, 0.5) is 0 Å². The van der Waals surface area contributed by atoms with E-state index in [2.05, 4.69) is 88.1 Å². The summed E-state index contributed by atoms with van der Waals surface area (Å²) in [7, 11) is -1.66. The zero-order chi connectivity index (χ0) is 16.9. The topological polar surface area (TPSA) is 9.23 Å². The van der Waals surface area contributed by atoms with Crippen molar-refractivity contribution in [1.82, 2.24) is 0 Å². The van der Waals surface area contributed by atoms with Crippen LogP contribution in [-0.4, -0.2) is 8.32 Å². The molecule has 0 bridgehead atoms. The van der Waals surface area contributed by atoms with Crippen molar-refractivity contribution in [3.05, 3.63) is 77.4 Å². The molecular formula is C21H28OSi. The van der Waals surface area contributed by atoms with Crippen molar-refractivity contribution >= 4 is 14.1 Å². The van der Waals surface area contributed by atoms with Crippen LogP contribution in [0.25, 0.3) is 5.76 Å². The molecule has 2 rings (SSSR count). The molecule has 23 heavy (non-hydrogen) atoms.